The summed E-state index contributed by atoms with van der Waals surface area (Å²) in [7, 11) is 0. The summed E-state index contributed by atoms with van der Waals surface area (Å²) in [5.74, 6) is 2.47. The van der Waals surface area contributed by atoms with Crippen LogP contribution in [0, 0.1) is 5.92 Å². The van der Waals surface area contributed by atoms with Crippen LogP contribution in [0.2, 0.25) is 0 Å². The molecule has 2 rings (SSSR count). The van der Waals surface area contributed by atoms with Gasteiger partial charge in [-0.15, -0.1) is 0 Å². The molecule has 0 unspecified atom stereocenters. The number of rotatable bonds is 0. The first-order valence-corrected chi connectivity index (χ1v) is 4.04. The summed E-state index contributed by atoms with van der Waals surface area (Å²) in [5, 5.41) is 0. The molecule has 0 amide bonds. The van der Waals surface area contributed by atoms with Crippen molar-refractivity contribution in [2.75, 3.05) is 13.2 Å². The molecule has 0 bridgehead atoms. The van der Waals surface area contributed by atoms with Crippen molar-refractivity contribution in [2.45, 2.75) is 13.3 Å². The van der Waals surface area contributed by atoms with Crippen molar-refractivity contribution in [3.63, 3.8) is 0 Å². The smallest absolute Gasteiger partial charge is 0.157 e. The second kappa shape index (κ2) is 2.61. The third-order valence-corrected chi connectivity index (χ3v) is 1.95. The summed E-state index contributed by atoms with van der Waals surface area (Å²) in [5.41, 5.74) is 0. The Labute approximate surface area is 66.5 Å². The second-order valence-electron chi connectivity index (χ2n) is 3.01. The maximum Gasteiger partial charge on any atom is 0.157 e. The zero-order valence-corrected chi connectivity index (χ0v) is 6.67. The molecule has 0 radical (unpaired) electrons. The lowest BCUT2D eigenvalue weighted by molar-refractivity contribution is 0.0557. The molecule has 1 aliphatic heterocycles. The van der Waals surface area contributed by atoms with Crippen LogP contribution in [0.15, 0.2) is 23.7 Å². The van der Waals surface area contributed by atoms with Gasteiger partial charge in [-0.3, -0.25) is 0 Å². The average Bonchev–Trinajstić information content (AvgIpc) is 2.04. The minimum absolute atomic E-state index is 0.593. The van der Waals surface area contributed by atoms with Crippen LogP contribution in [0.25, 0.3) is 0 Å². The zero-order chi connectivity index (χ0) is 7.68. The van der Waals surface area contributed by atoms with Gasteiger partial charge in [-0.2, -0.15) is 0 Å². The molecule has 60 valence electrons. The fourth-order valence-electron chi connectivity index (χ4n) is 1.35. The topological polar surface area (TPSA) is 18.5 Å². The van der Waals surface area contributed by atoms with Crippen molar-refractivity contribution >= 4 is 0 Å². The van der Waals surface area contributed by atoms with Crippen molar-refractivity contribution < 1.29 is 9.47 Å². The highest BCUT2D eigenvalue weighted by Crippen LogP contribution is 2.26. The summed E-state index contributed by atoms with van der Waals surface area (Å²) in [6.45, 7) is 3.56. The number of allylic oxidation sites excluding steroid dienone is 2. The minimum atomic E-state index is 0.593. The molecular weight excluding hydrogens is 140 g/mol. The van der Waals surface area contributed by atoms with Gasteiger partial charge in [0.15, 0.2) is 11.5 Å². The Bertz CT molecular complexity index is 216. The van der Waals surface area contributed by atoms with E-state index in [-0.39, 0.29) is 0 Å². The number of hydrogen-bond acceptors (Lipinski definition) is 2. The van der Waals surface area contributed by atoms with E-state index in [1.807, 2.05) is 0 Å². The highest BCUT2D eigenvalue weighted by Gasteiger charge is 2.18. The predicted molar refractivity (Wildman–Crippen MR) is 41.9 cm³/mol. The first-order valence-electron chi connectivity index (χ1n) is 4.04. The van der Waals surface area contributed by atoms with Crippen LogP contribution in [-0.4, -0.2) is 13.2 Å². The summed E-state index contributed by atoms with van der Waals surface area (Å²) in [6.07, 6.45) is 5.32. The van der Waals surface area contributed by atoms with Crippen LogP contribution in [0.1, 0.15) is 13.3 Å². The van der Waals surface area contributed by atoms with Crippen molar-refractivity contribution in [1.82, 2.24) is 0 Å². The van der Waals surface area contributed by atoms with Crippen LogP contribution in [0.5, 0.6) is 0 Å². The maximum absolute atomic E-state index is 5.42. The van der Waals surface area contributed by atoms with Gasteiger partial charge in [0.1, 0.15) is 13.2 Å². The molecule has 1 heterocycles. The van der Waals surface area contributed by atoms with Gasteiger partial charge in [-0.25, -0.2) is 0 Å². The van der Waals surface area contributed by atoms with E-state index in [9.17, 15) is 0 Å². The fourth-order valence-corrected chi connectivity index (χ4v) is 1.35. The largest absolute Gasteiger partial charge is 0.486 e. The molecule has 2 aliphatic rings. The number of fused-ring (bicyclic) bond motifs is 1. The molecule has 0 spiro atoms. The minimum Gasteiger partial charge on any atom is -0.486 e. The molecule has 1 fully saturated rings. The summed E-state index contributed by atoms with van der Waals surface area (Å²) < 4.78 is 10.8. The van der Waals surface area contributed by atoms with E-state index in [1.54, 1.807) is 0 Å². The molecule has 2 nitrogen and oxygen atoms in total. The molecule has 0 aromatic carbocycles. The maximum atomic E-state index is 5.42. The van der Waals surface area contributed by atoms with Crippen molar-refractivity contribution in [2.24, 2.45) is 5.92 Å². The lowest BCUT2D eigenvalue weighted by Crippen LogP contribution is -2.17. The van der Waals surface area contributed by atoms with Crippen molar-refractivity contribution in [3.8, 4) is 0 Å². The summed E-state index contributed by atoms with van der Waals surface area (Å²) in [4.78, 5) is 0. The molecule has 1 saturated heterocycles. The highest BCUT2D eigenvalue weighted by molar-refractivity contribution is 5.25. The van der Waals surface area contributed by atoms with Crippen molar-refractivity contribution in [1.29, 1.82) is 0 Å². The lowest BCUT2D eigenvalue weighted by atomic mass is 10.0. The Hall–Kier alpha value is -0.920. The monoisotopic (exact) mass is 152 g/mol. The van der Waals surface area contributed by atoms with Crippen molar-refractivity contribution in [3.05, 3.63) is 23.7 Å². The average molecular weight is 152 g/mol. The Balaban J connectivity index is 2.19. The second-order valence-corrected chi connectivity index (χ2v) is 3.01. The van der Waals surface area contributed by atoms with E-state index in [4.69, 9.17) is 9.47 Å². The van der Waals surface area contributed by atoms with Crippen LogP contribution < -0.4 is 0 Å². The van der Waals surface area contributed by atoms with Crippen LogP contribution in [0.4, 0.5) is 0 Å². The van der Waals surface area contributed by atoms with Crippen LogP contribution in [-0.2, 0) is 9.47 Å². The quantitative estimate of drug-likeness (QED) is 0.527. The molecule has 0 aromatic heterocycles. The molecular formula is C9H12O2. The van der Waals surface area contributed by atoms with E-state index in [0.29, 0.717) is 19.1 Å². The molecule has 11 heavy (non-hydrogen) atoms. The van der Waals surface area contributed by atoms with E-state index >= 15 is 0 Å². The van der Waals surface area contributed by atoms with Gasteiger partial charge in [-0.05, 0) is 24.5 Å². The van der Waals surface area contributed by atoms with E-state index in [0.717, 1.165) is 17.9 Å². The van der Waals surface area contributed by atoms with Crippen LogP contribution in [0.3, 0.4) is 0 Å². The van der Waals surface area contributed by atoms with E-state index < -0.39 is 0 Å². The SMILES string of the molecule is C[C@H]1C=C2OCCOC2=CC1. The van der Waals surface area contributed by atoms with Gasteiger partial charge >= 0.3 is 0 Å². The molecule has 0 aromatic rings. The van der Waals surface area contributed by atoms with Gasteiger partial charge in [0.05, 0.1) is 0 Å². The lowest BCUT2D eigenvalue weighted by Gasteiger charge is -2.24. The van der Waals surface area contributed by atoms with Crippen LogP contribution >= 0.6 is 0 Å². The Morgan fingerprint density at radius 2 is 2.00 bits per heavy atom. The van der Waals surface area contributed by atoms with E-state index in [1.165, 1.54) is 0 Å². The van der Waals surface area contributed by atoms with E-state index in [2.05, 4.69) is 19.1 Å². The van der Waals surface area contributed by atoms with Gasteiger partial charge in [0.25, 0.3) is 0 Å². The molecule has 0 N–H and O–H groups in total. The zero-order valence-electron chi connectivity index (χ0n) is 6.67. The standard InChI is InChI=1S/C9H12O2/c1-7-2-3-8-9(6-7)11-5-4-10-8/h3,6-7H,2,4-5H2,1H3/t7-/m1/s1. The molecule has 1 atom stereocenters. The molecule has 1 aliphatic carbocycles. The fraction of sp³-hybridized carbons (Fsp3) is 0.556. The van der Waals surface area contributed by atoms with Gasteiger partial charge < -0.3 is 9.47 Å². The Morgan fingerprint density at radius 3 is 2.82 bits per heavy atom. The third kappa shape index (κ3) is 1.25. The first-order chi connectivity index (χ1) is 5.36. The Morgan fingerprint density at radius 1 is 1.27 bits per heavy atom. The van der Waals surface area contributed by atoms with Gasteiger partial charge in [-0.1, -0.05) is 6.92 Å². The highest BCUT2D eigenvalue weighted by atomic mass is 16.6. The number of ether oxygens (including phenoxy) is 2. The van der Waals surface area contributed by atoms with Gasteiger partial charge in [0, 0.05) is 0 Å². The number of hydrogen-bond donors (Lipinski definition) is 0. The Kier molecular flexibility index (Phi) is 1.60. The molecule has 2 heteroatoms. The van der Waals surface area contributed by atoms with Gasteiger partial charge in [0.2, 0.25) is 0 Å². The predicted octanol–water partition coefficient (Wildman–Crippen LogP) is 1.84. The summed E-state index contributed by atoms with van der Waals surface area (Å²) in [6, 6.07) is 0. The normalized spacial score (nSPS) is 29.0. The molecule has 0 saturated carbocycles. The third-order valence-electron chi connectivity index (χ3n) is 1.95. The first kappa shape index (κ1) is 6.77. The summed E-state index contributed by atoms with van der Waals surface area (Å²) >= 11 is 0.